The molecular formula is C15H16N6. The third-order valence-electron chi connectivity index (χ3n) is 3.11. The molecule has 2 heterocycles. The van der Waals surface area contributed by atoms with Crippen molar-refractivity contribution in [3.63, 3.8) is 0 Å². The maximum absolute atomic E-state index is 4.51. The first-order chi connectivity index (χ1) is 10.3. The molecule has 1 aromatic carbocycles. The lowest BCUT2D eigenvalue weighted by Gasteiger charge is -2.04. The van der Waals surface area contributed by atoms with Gasteiger partial charge in [0.15, 0.2) is 11.5 Å². The zero-order valence-electron chi connectivity index (χ0n) is 12.0. The van der Waals surface area contributed by atoms with Crippen molar-refractivity contribution in [2.45, 2.75) is 13.3 Å². The average molecular weight is 280 g/mol. The second kappa shape index (κ2) is 5.70. The van der Waals surface area contributed by atoms with Crippen LogP contribution in [0.15, 0.2) is 42.6 Å². The molecule has 6 heteroatoms. The highest BCUT2D eigenvalue weighted by Crippen LogP contribution is 2.16. The first-order valence-electron chi connectivity index (χ1n) is 6.84. The molecule has 106 valence electrons. The highest BCUT2D eigenvalue weighted by Gasteiger charge is 2.10. The quantitative estimate of drug-likeness (QED) is 0.794. The van der Waals surface area contributed by atoms with E-state index < -0.39 is 0 Å². The van der Waals surface area contributed by atoms with Crippen molar-refractivity contribution in [2.75, 3.05) is 12.4 Å². The molecule has 0 aliphatic carbocycles. The minimum Gasteiger partial charge on any atom is -0.373 e. The molecule has 0 spiro atoms. The lowest BCUT2D eigenvalue weighted by atomic mass is 10.3. The van der Waals surface area contributed by atoms with Gasteiger partial charge in [-0.2, -0.15) is 9.90 Å². The van der Waals surface area contributed by atoms with Crippen molar-refractivity contribution in [1.29, 1.82) is 0 Å². The van der Waals surface area contributed by atoms with E-state index in [1.807, 2.05) is 43.4 Å². The van der Waals surface area contributed by atoms with Crippen LogP contribution in [-0.2, 0) is 6.42 Å². The zero-order chi connectivity index (χ0) is 14.7. The molecule has 0 unspecified atom stereocenters. The van der Waals surface area contributed by atoms with Gasteiger partial charge in [0.05, 0.1) is 11.9 Å². The van der Waals surface area contributed by atoms with Crippen LogP contribution in [0.1, 0.15) is 12.6 Å². The number of aryl methyl sites for hydroxylation is 1. The number of nitrogens with zero attached hydrogens (tertiary/aromatic N) is 5. The Morgan fingerprint density at radius 1 is 1.14 bits per heavy atom. The van der Waals surface area contributed by atoms with Crippen LogP contribution in [0.25, 0.3) is 17.2 Å². The van der Waals surface area contributed by atoms with Crippen molar-refractivity contribution in [2.24, 2.45) is 0 Å². The number of nitrogens with one attached hydrogen (secondary N) is 1. The number of rotatable bonds is 4. The summed E-state index contributed by atoms with van der Waals surface area (Å²) in [5.41, 5.74) is 2.54. The molecular weight excluding hydrogens is 264 g/mol. The van der Waals surface area contributed by atoms with Gasteiger partial charge >= 0.3 is 0 Å². The monoisotopic (exact) mass is 280 g/mol. The van der Waals surface area contributed by atoms with Gasteiger partial charge in [0, 0.05) is 18.8 Å². The Bertz CT molecular complexity index is 713. The first-order valence-corrected chi connectivity index (χ1v) is 6.84. The topological polar surface area (TPSA) is 68.5 Å². The molecule has 0 saturated carbocycles. The lowest BCUT2D eigenvalue weighted by Crippen LogP contribution is -2.02. The smallest absolute Gasteiger partial charge is 0.184 e. The summed E-state index contributed by atoms with van der Waals surface area (Å²) in [5.74, 6) is 1.37. The molecule has 0 aliphatic heterocycles. The van der Waals surface area contributed by atoms with Gasteiger partial charge in [-0.15, -0.1) is 5.10 Å². The predicted molar refractivity (Wildman–Crippen MR) is 81.3 cm³/mol. The van der Waals surface area contributed by atoms with E-state index in [1.54, 1.807) is 11.0 Å². The van der Waals surface area contributed by atoms with Crippen LogP contribution in [-0.4, -0.2) is 32.0 Å². The number of anilines is 1. The summed E-state index contributed by atoms with van der Waals surface area (Å²) < 4.78 is 0. The van der Waals surface area contributed by atoms with Crippen LogP contribution < -0.4 is 5.32 Å². The van der Waals surface area contributed by atoms with Gasteiger partial charge in [0.25, 0.3) is 0 Å². The fourth-order valence-corrected chi connectivity index (χ4v) is 1.97. The fraction of sp³-hybridized carbons (Fsp3) is 0.200. The van der Waals surface area contributed by atoms with E-state index in [2.05, 4.69) is 32.4 Å². The Hall–Kier alpha value is -2.76. The number of para-hydroxylation sites is 1. The second-order valence-corrected chi connectivity index (χ2v) is 4.53. The van der Waals surface area contributed by atoms with E-state index >= 15 is 0 Å². The van der Waals surface area contributed by atoms with Crippen molar-refractivity contribution in [3.8, 4) is 17.2 Å². The molecule has 0 fully saturated rings. The van der Waals surface area contributed by atoms with Gasteiger partial charge in [-0.1, -0.05) is 25.1 Å². The summed E-state index contributed by atoms with van der Waals surface area (Å²) in [6.45, 7) is 2.06. The highest BCUT2D eigenvalue weighted by molar-refractivity contribution is 5.52. The molecule has 0 bridgehead atoms. The van der Waals surface area contributed by atoms with E-state index in [1.165, 1.54) is 0 Å². The minimum absolute atomic E-state index is 0.584. The van der Waals surface area contributed by atoms with E-state index in [0.29, 0.717) is 11.5 Å². The molecule has 0 aliphatic rings. The van der Waals surface area contributed by atoms with Crippen molar-refractivity contribution >= 4 is 5.82 Å². The molecule has 0 amide bonds. The minimum atomic E-state index is 0.584. The van der Waals surface area contributed by atoms with Gasteiger partial charge in [-0.05, 0) is 18.6 Å². The van der Waals surface area contributed by atoms with Gasteiger partial charge in [0.2, 0.25) is 0 Å². The standard InChI is InChI=1S/C15H16N6/c1-3-11-9-14(16-2)19-15(18-11)13-10-17-21(20-13)12-7-5-4-6-8-12/h4-10H,3H2,1-2H3,(H,16,18,19). The van der Waals surface area contributed by atoms with Crippen molar-refractivity contribution in [1.82, 2.24) is 25.0 Å². The fourth-order valence-electron chi connectivity index (χ4n) is 1.97. The Balaban J connectivity index is 2.00. The zero-order valence-corrected chi connectivity index (χ0v) is 12.0. The number of aromatic nitrogens is 5. The molecule has 1 N–H and O–H groups in total. The summed E-state index contributed by atoms with van der Waals surface area (Å²) in [7, 11) is 1.84. The van der Waals surface area contributed by atoms with Crippen LogP contribution in [0.5, 0.6) is 0 Å². The summed E-state index contributed by atoms with van der Waals surface area (Å²) in [6.07, 6.45) is 2.53. The Labute approximate surface area is 122 Å². The van der Waals surface area contributed by atoms with Crippen LogP contribution >= 0.6 is 0 Å². The Kier molecular flexibility index (Phi) is 3.59. The van der Waals surface area contributed by atoms with Crippen molar-refractivity contribution in [3.05, 3.63) is 48.3 Å². The first kappa shape index (κ1) is 13.2. The summed E-state index contributed by atoms with van der Waals surface area (Å²) in [4.78, 5) is 10.5. The van der Waals surface area contributed by atoms with Gasteiger partial charge in [0.1, 0.15) is 5.82 Å². The normalized spacial score (nSPS) is 10.6. The summed E-state index contributed by atoms with van der Waals surface area (Å²) in [6, 6.07) is 11.7. The molecule has 21 heavy (non-hydrogen) atoms. The molecule has 3 aromatic rings. The summed E-state index contributed by atoms with van der Waals surface area (Å²) in [5, 5.41) is 11.8. The lowest BCUT2D eigenvalue weighted by molar-refractivity contribution is 0.752. The van der Waals surface area contributed by atoms with E-state index in [4.69, 9.17) is 0 Å². The van der Waals surface area contributed by atoms with Crippen molar-refractivity contribution < 1.29 is 0 Å². The number of hydrogen-bond acceptors (Lipinski definition) is 5. The van der Waals surface area contributed by atoms with Gasteiger partial charge < -0.3 is 5.32 Å². The largest absolute Gasteiger partial charge is 0.373 e. The molecule has 2 aromatic heterocycles. The van der Waals surface area contributed by atoms with Crippen LogP contribution in [0.3, 0.4) is 0 Å². The third-order valence-corrected chi connectivity index (χ3v) is 3.11. The molecule has 3 rings (SSSR count). The number of hydrogen-bond donors (Lipinski definition) is 1. The van der Waals surface area contributed by atoms with Crippen LogP contribution in [0, 0.1) is 0 Å². The van der Waals surface area contributed by atoms with Gasteiger partial charge in [-0.3, -0.25) is 0 Å². The third kappa shape index (κ3) is 2.74. The van der Waals surface area contributed by atoms with Crippen LogP contribution in [0.4, 0.5) is 5.82 Å². The highest BCUT2D eigenvalue weighted by atomic mass is 15.5. The summed E-state index contributed by atoms with van der Waals surface area (Å²) >= 11 is 0. The van der Waals surface area contributed by atoms with Gasteiger partial charge in [-0.25, -0.2) is 9.97 Å². The average Bonchev–Trinajstić information content (AvgIpc) is 3.05. The van der Waals surface area contributed by atoms with Crippen LogP contribution in [0.2, 0.25) is 0 Å². The maximum Gasteiger partial charge on any atom is 0.184 e. The number of benzene rings is 1. The molecule has 6 nitrogen and oxygen atoms in total. The maximum atomic E-state index is 4.51. The Morgan fingerprint density at radius 3 is 2.67 bits per heavy atom. The molecule has 0 saturated heterocycles. The van der Waals surface area contributed by atoms with E-state index in [9.17, 15) is 0 Å². The Morgan fingerprint density at radius 2 is 1.95 bits per heavy atom. The molecule has 0 atom stereocenters. The SMILES string of the molecule is CCc1cc(NC)nc(-c2cnn(-c3ccccc3)n2)n1. The predicted octanol–water partition coefficient (Wildman–Crippen LogP) is 2.33. The molecule has 0 radical (unpaired) electrons. The van der Waals surface area contributed by atoms with E-state index in [-0.39, 0.29) is 0 Å². The second-order valence-electron chi connectivity index (χ2n) is 4.53. The van der Waals surface area contributed by atoms with E-state index in [0.717, 1.165) is 23.6 Å².